The van der Waals surface area contributed by atoms with Crippen LogP contribution in [0.2, 0.25) is 0 Å². The maximum Gasteiger partial charge on any atom is 0.273 e. The molecule has 2 atom stereocenters. The van der Waals surface area contributed by atoms with Gasteiger partial charge in [-0.3, -0.25) is 4.79 Å². The first-order valence-corrected chi connectivity index (χ1v) is 10.3. The number of carbonyl (C=O) groups excluding carboxylic acids is 1. The molecule has 1 amide bonds. The molecule has 3 rings (SSSR count). The summed E-state index contributed by atoms with van der Waals surface area (Å²) in [4.78, 5) is 27.8. The third-order valence-corrected chi connectivity index (χ3v) is 5.25. The van der Waals surface area contributed by atoms with Gasteiger partial charge in [0.2, 0.25) is 0 Å². The number of hydrogen-bond acceptors (Lipinski definition) is 7. The van der Waals surface area contributed by atoms with Crippen molar-refractivity contribution in [2.45, 2.75) is 25.9 Å². The van der Waals surface area contributed by atoms with E-state index in [1.807, 2.05) is 43.3 Å². The molecule has 2 aromatic rings. The highest BCUT2D eigenvalue weighted by Crippen LogP contribution is 2.48. The largest absolute Gasteiger partial charge is 0.399 e. The first-order chi connectivity index (χ1) is 15.6. The lowest BCUT2D eigenvalue weighted by Gasteiger charge is -2.10. The molecular weight excluding hydrogens is 408 g/mol. The number of nitrogens with one attached hydrogen (secondary N) is 1. The van der Waals surface area contributed by atoms with Crippen LogP contribution in [0.25, 0.3) is 0 Å². The minimum Gasteiger partial charge on any atom is -0.399 e. The summed E-state index contributed by atoms with van der Waals surface area (Å²) in [5.74, 6) is 0.288. The molecule has 32 heavy (non-hydrogen) atoms. The molecule has 0 heterocycles. The van der Waals surface area contributed by atoms with E-state index >= 15 is 0 Å². The molecule has 1 aliphatic rings. The Labute approximate surface area is 187 Å². The molecule has 1 N–H and O–H groups in total. The number of nitrogens with zero attached hydrogens (tertiary/aromatic N) is 3. The van der Waals surface area contributed by atoms with Crippen molar-refractivity contribution in [3.63, 3.8) is 0 Å². The third-order valence-electron chi connectivity index (χ3n) is 5.25. The Morgan fingerprint density at radius 2 is 1.69 bits per heavy atom. The topological polar surface area (TPSA) is 93.9 Å². The molecule has 0 aliphatic heterocycles. The van der Waals surface area contributed by atoms with Crippen molar-refractivity contribution >= 4 is 23.0 Å². The van der Waals surface area contributed by atoms with Crippen molar-refractivity contribution < 1.29 is 19.3 Å². The molecular formula is C24H28N4O4. The van der Waals surface area contributed by atoms with Crippen molar-refractivity contribution in [1.29, 1.82) is 0 Å². The van der Waals surface area contributed by atoms with Gasteiger partial charge in [0.15, 0.2) is 5.71 Å². The molecule has 168 valence electrons. The summed E-state index contributed by atoms with van der Waals surface area (Å²) in [6.45, 7) is 2.01. The monoisotopic (exact) mass is 436 g/mol. The summed E-state index contributed by atoms with van der Waals surface area (Å²) in [7, 11) is 4.46. The second-order valence-electron chi connectivity index (χ2n) is 7.33. The van der Waals surface area contributed by atoms with Crippen molar-refractivity contribution in [2.24, 2.45) is 21.4 Å². The molecule has 1 saturated carbocycles. The van der Waals surface area contributed by atoms with Crippen LogP contribution in [0.3, 0.4) is 0 Å². The predicted octanol–water partition coefficient (Wildman–Crippen LogP) is 3.48. The van der Waals surface area contributed by atoms with Crippen molar-refractivity contribution in [3.8, 4) is 0 Å². The Morgan fingerprint density at radius 3 is 2.38 bits per heavy atom. The number of oxime groups is 3. The standard InChI is InChI=1S/C24H28N4O4/c1-16(22(27-30-3)21-14-20(21)17-10-6-5-7-11-17)26-32-15-18-12-8-9-13-19(18)23(28-31-4)24(29)25-2/h5-13,20-21H,14-15H2,1-4H3,(H,25,29)/t20-,21+/m0/s1. The molecule has 0 unspecified atom stereocenters. The number of carbonyl (C=O) groups is 1. The van der Waals surface area contributed by atoms with E-state index in [0.29, 0.717) is 17.2 Å². The second-order valence-corrected chi connectivity index (χ2v) is 7.33. The highest BCUT2D eigenvalue weighted by atomic mass is 16.6. The number of benzene rings is 2. The van der Waals surface area contributed by atoms with Crippen LogP contribution < -0.4 is 5.32 Å². The highest BCUT2D eigenvalue weighted by molar-refractivity contribution is 6.45. The van der Waals surface area contributed by atoms with Crippen molar-refractivity contribution in [2.75, 3.05) is 21.3 Å². The lowest BCUT2D eigenvalue weighted by atomic mass is 10.0. The van der Waals surface area contributed by atoms with Crippen LogP contribution in [0, 0.1) is 5.92 Å². The van der Waals surface area contributed by atoms with E-state index in [0.717, 1.165) is 17.7 Å². The highest BCUT2D eigenvalue weighted by Gasteiger charge is 2.43. The number of likely N-dealkylation sites (N-methyl/N-ethyl adjacent to an activating group) is 1. The molecule has 0 bridgehead atoms. The maximum absolute atomic E-state index is 12.2. The second kappa shape index (κ2) is 11.1. The Hall–Kier alpha value is -3.68. The minimum absolute atomic E-state index is 0.153. The van der Waals surface area contributed by atoms with E-state index in [4.69, 9.17) is 14.5 Å². The van der Waals surface area contributed by atoms with Crippen LogP contribution in [0.5, 0.6) is 0 Å². The number of hydrogen-bond donors (Lipinski definition) is 1. The van der Waals surface area contributed by atoms with Gasteiger partial charge in [-0.05, 0) is 24.8 Å². The van der Waals surface area contributed by atoms with Crippen LogP contribution in [0.4, 0.5) is 0 Å². The summed E-state index contributed by atoms with van der Waals surface area (Å²) in [6, 6.07) is 17.7. The Morgan fingerprint density at radius 1 is 1.00 bits per heavy atom. The zero-order valence-electron chi connectivity index (χ0n) is 18.7. The van der Waals surface area contributed by atoms with E-state index in [-0.39, 0.29) is 24.1 Å². The molecule has 0 saturated heterocycles. The summed E-state index contributed by atoms with van der Waals surface area (Å²) in [5, 5.41) is 14.9. The van der Waals surface area contributed by atoms with E-state index < -0.39 is 0 Å². The van der Waals surface area contributed by atoms with Crippen molar-refractivity contribution in [1.82, 2.24) is 5.32 Å². The number of amides is 1. The Balaban J connectivity index is 1.72. The number of rotatable bonds is 10. The van der Waals surface area contributed by atoms with E-state index in [1.54, 1.807) is 6.07 Å². The fourth-order valence-corrected chi connectivity index (χ4v) is 3.61. The normalized spacial score (nSPS) is 18.7. The van der Waals surface area contributed by atoms with Gasteiger partial charge in [-0.15, -0.1) is 0 Å². The molecule has 0 aromatic heterocycles. The lowest BCUT2D eigenvalue weighted by molar-refractivity contribution is -0.114. The smallest absolute Gasteiger partial charge is 0.273 e. The van der Waals surface area contributed by atoms with Gasteiger partial charge in [0.25, 0.3) is 5.91 Å². The van der Waals surface area contributed by atoms with E-state index in [1.165, 1.54) is 26.8 Å². The fourth-order valence-electron chi connectivity index (χ4n) is 3.61. The Bertz CT molecular complexity index is 1020. The molecule has 1 fully saturated rings. The summed E-state index contributed by atoms with van der Waals surface area (Å²) >= 11 is 0. The molecule has 1 aliphatic carbocycles. The van der Waals surface area contributed by atoms with Crippen LogP contribution >= 0.6 is 0 Å². The first kappa shape index (κ1) is 23.0. The van der Waals surface area contributed by atoms with E-state index in [2.05, 4.69) is 32.9 Å². The van der Waals surface area contributed by atoms with Crippen LogP contribution in [-0.2, 0) is 25.9 Å². The van der Waals surface area contributed by atoms with Gasteiger partial charge in [0.1, 0.15) is 32.2 Å². The minimum atomic E-state index is -0.353. The SMILES string of the molecule is CNC(=O)C(=NOC)c1ccccc1CON=C(C)C(=NOC)[C@@H]1C[C@H]1c1ccccc1. The quantitative estimate of drug-likeness (QED) is 0.456. The molecule has 0 spiro atoms. The van der Waals surface area contributed by atoms with Gasteiger partial charge in [-0.2, -0.15) is 0 Å². The van der Waals surface area contributed by atoms with E-state index in [9.17, 15) is 4.79 Å². The summed E-state index contributed by atoms with van der Waals surface area (Å²) in [6.07, 6.45) is 0.991. The molecule has 0 radical (unpaired) electrons. The average molecular weight is 437 g/mol. The zero-order chi connectivity index (χ0) is 22.9. The lowest BCUT2D eigenvalue weighted by Crippen LogP contribution is -2.29. The predicted molar refractivity (Wildman–Crippen MR) is 124 cm³/mol. The van der Waals surface area contributed by atoms with Gasteiger partial charge in [-0.25, -0.2) is 0 Å². The van der Waals surface area contributed by atoms with Gasteiger partial charge in [0.05, 0.1) is 0 Å². The van der Waals surface area contributed by atoms with Gasteiger partial charge in [-0.1, -0.05) is 70.1 Å². The van der Waals surface area contributed by atoms with Crippen LogP contribution in [0.1, 0.15) is 36.0 Å². The van der Waals surface area contributed by atoms with Gasteiger partial charge >= 0.3 is 0 Å². The van der Waals surface area contributed by atoms with Crippen LogP contribution in [0.15, 0.2) is 70.1 Å². The Kier molecular flexibility index (Phi) is 7.96. The summed E-state index contributed by atoms with van der Waals surface area (Å²) in [5.41, 5.74) is 4.25. The van der Waals surface area contributed by atoms with Gasteiger partial charge in [0, 0.05) is 24.1 Å². The molecule has 8 nitrogen and oxygen atoms in total. The van der Waals surface area contributed by atoms with Crippen molar-refractivity contribution in [3.05, 3.63) is 71.3 Å². The average Bonchev–Trinajstić information content (AvgIpc) is 3.62. The third kappa shape index (κ3) is 5.51. The fraction of sp³-hybridized carbons (Fsp3) is 0.333. The maximum atomic E-state index is 12.2. The van der Waals surface area contributed by atoms with Gasteiger partial charge < -0.3 is 19.8 Å². The molecule has 2 aromatic carbocycles. The first-order valence-electron chi connectivity index (χ1n) is 10.3. The zero-order valence-corrected chi connectivity index (χ0v) is 18.7. The summed E-state index contributed by atoms with van der Waals surface area (Å²) < 4.78 is 0. The molecule has 8 heteroatoms. The van der Waals surface area contributed by atoms with Crippen LogP contribution in [-0.4, -0.2) is 44.3 Å².